The highest BCUT2D eigenvalue weighted by Crippen LogP contribution is 2.57. The summed E-state index contributed by atoms with van der Waals surface area (Å²) in [5.41, 5.74) is 2.40. The lowest BCUT2D eigenvalue weighted by molar-refractivity contribution is -0.194. The van der Waals surface area contributed by atoms with Crippen LogP contribution in [0.5, 0.6) is 5.88 Å². The van der Waals surface area contributed by atoms with Crippen LogP contribution in [0, 0.1) is 5.41 Å². The topological polar surface area (TPSA) is 82.5 Å². The summed E-state index contributed by atoms with van der Waals surface area (Å²) in [6, 6.07) is 1.41. The molecule has 0 aromatic carbocycles. The van der Waals surface area contributed by atoms with Gasteiger partial charge in [-0.1, -0.05) is 0 Å². The first kappa shape index (κ1) is 15.6. The van der Waals surface area contributed by atoms with Crippen molar-refractivity contribution in [2.45, 2.75) is 24.6 Å². The van der Waals surface area contributed by atoms with E-state index in [1.165, 1.54) is 23.2 Å². The highest BCUT2D eigenvalue weighted by molar-refractivity contribution is 5.88. The van der Waals surface area contributed by atoms with Gasteiger partial charge >= 0.3 is 6.18 Å². The van der Waals surface area contributed by atoms with Crippen LogP contribution >= 0.6 is 0 Å². The normalized spacial score (nSPS) is 25.3. The molecule has 2 N–H and O–H groups in total. The third kappa shape index (κ3) is 2.60. The lowest BCUT2D eigenvalue weighted by atomic mass is 9.97. The van der Waals surface area contributed by atoms with E-state index in [4.69, 9.17) is 10.5 Å². The average molecular weight is 328 g/mol. The van der Waals surface area contributed by atoms with Crippen LogP contribution in [0.15, 0.2) is 29.4 Å². The maximum absolute atomic E-state index is 12.9. The number of rotatable bonds is 5. The van der Waals surface area contributed by atoms with E-state index in [2.05, 4.69) is 10.1 Å². The van der Waals surface area contributed by atoms with Gasteiger partial charge in [0, 0.05) is 18.5 Å². The predicted octanol–water partition coefficient (Wildman–Crippen LogP) is 1.43. The summed E-state index contributed by atoms with van der Waals surface area (Å²) in [6.07, 6.45) is 1.92. The second kappa shape index (κ2) is 5.10. The third-order valence-electron chi connectivity index (χ3n) is 4.25. The zero-order valence-electron chi connectivity index (χ0n) is 12.1. The maximum Gasteiger partial charge on any atom is 0.397 e. The minimum Gasteiger partial charge on any atom is -0.476 e. The van der Waals surface area contributed by atoms with E-state index in [1.54, 1.807) is 12.2 Å². The van der Waals surface area contributed by atoms with Gasteiger partial charge in [0.15, 0.2) is 5.54 Å². The molecule has 2 heterocycles. The van der Waals surface area contributed by atoms with Crippen LogP contribution < -0.4 is 10.5 Å². The standard InChI is InChI=1S/C14H15F3N4O2/c15-14(16,17)12(4-5-12)9-23-10-2-7-21(20-10)13(11(18)22)3-1-6-19-8-13/h1-3,6-7H,4-5,8-9H2,(H2,18,22). The number of hydrogen-bond acceptors (Lipinski definition) is 4. The number of allylic oxidation sites excluding steroid dienone is 1. The molecule has 1 aliphatic carbocycles. The number of hydrogen-bond donors (Lipinski definition) is 1. The first-order valence-corrected chi connectivity index (χ1v) is 7.02. The summed E-state index contributed by atoms with van der Waals surface area (Å²) in [4.78, 5) is 15.8. The van der Waals surface area contributed by atoms with Crippen molar-refractivity contribution < 1.29 is 22.7 Å². The van der Waals surface area contributed by atoms with E-state index in [1.807, 2.05) is 0 Å². The molecule has 1 aromatic heterocycles. The predicted molar refractivity (Wildman–Crippen MR) is 75.1 cm³/mol. The fraction of sp³-hybridized carbons (Fsp3) is 0.500. The van der Waals surface area contributed by atoms with E-state index in [-0.39, 0.29) is 25.3 Å². The summed E-state index contributed by atoms with van der Waals surface area (Å²) in [6.45, 7) is -0.405. The Labute approximate surface area is 129 Å². The van der Waals surface area contributed by atoms with Crippen molar-refractivity contribution in [3.63, 3.8) is 0 Å². The van der Waals surface area contributed by atoms with Crippen molar-refractivity contribution in [1.29, 1.82) is 0 Å². The lowest BCUT2D eigenvalue weighted by Gasteiger charge is -2.27. The van der Waals surface area contributed by atoms with E-state index >= 15 is 0 Å². The number of dihydropyridines is 1. The van der Waals surface area contributed by atoms with Gasteiger partial charge in [-0.2, -0.15) is 13.2 Å². The van der Waals surface area contributed by atoms with Gasteiger partial charge in [0.05, 0.1) is 6.54 Å². The summed E-state index contributed by atoms with van der Waals surface area (Å²) in [5, 5.41) is 4.04. The lowest BCUT2D eigenvalue weighted by Crippen LogP contribution is -2.48. The molecule has 1 fully saturated rings. The van der Waals surface area contributed by atoms with Gasteiger partial charge in [-0.25, -0.2) is 4.68 Å². The zero-order valence-corrected chi connectivity index (χ0v) is 12.1. The van der Waals surface area contributed by atoms with E-state index in [0.717, 1.165) is 0 Å². The molecule has 1 atom stereocenters. The van der Waals surface area contributed by atoms with Gasteiger partial charge in [-0.05, 0) is 25.0 Å². The Kier molecular flexibility index (Phi) is 3.46. The molecule has 1 unspecified atom stereocenters. The molecule has 6 nitrogen and oxygen atoms in total. The third-order valence-corrected chi connectivity index (χ3v) is 4.25. The molecule has 0 spiro atoms. The number of primary amides is 1. The van der Waals surface area contributed by atoms with Crippen LogP contribution in [0.4, 0.5) is 13.2 Å². The van der Waals surface area contributed by atoms with Crippen LogP contribution in [0.2, 0.25) is 0 Å². The fourth-order valence-corrected chi connectivity index (χ4v) is 2.41. The number of aliphatic imine (C=N–C) groups is 1. The number of aromatic nitrogens is 2. The zero-order chi connectivity index (χ0) is 16.7. The van der Waals surface area contributed by atoms with Crippen molar-refractivity contribution in [3.8, 4) is 5.88 Å². The average Bonchev–Trinajstić information content (AvgIpc) is 3.16. The van der Waals surface area contributed by atoms with Crippen molar-refractivity contribution >= 4 is 12.1 Å². The fourth-order valence-electron chi connectivity index (χ4n) is 2.41. The van der Waals surface area contributed by atoms with Crippen molar-refractivity contribution in [2.24, 2.45) is 16.1 Å². The SMILES string of the molecule is NC(=O)C1(n2ccc(OCC3(C(F)(F)F)CC3)n2)C=CC=NC1. The minimum atomic E-state index is -4.29. The molecule has 0 saturated heterocycles. The maximum atomic E-state index is 12.9. The number of nitrogens with two attached hydrogens (primary N) is 1. The molecule has 3 rings (SSSR count). The molecule has 1 aromatic rings. The van der Waals surface area contributed by atoms with Crippen LogP contribution in [0.1, 0.15) is 12.8 Å². The summed E-state index contributed by atoms with van der Waals surface area (Å²) in [5.74, 6) is -0.640. The van der Waals surface area contributed by atoms with Gasteiger partial charge in [-0.3, -0.25) is 9.79 Å². The minimum absolute atomic E-state index is 0.0177. The number of carbonyl (C=O) groups is 1. The second-order valence-electron chi connectivity index (χ2n) is 5.80. The van der Waals surface area contributed by atoms with Gasteiger partial charge in [0.1, 0.15) is 12.0 Å². The Bertz CT molecular complexity index is 676. The number of alkyl halides is 3. The number of halogens is 3. The van der Waals surface area contributed by atoms with Gasteiger partial charge in [-0.15, -0.1) is 5.10 Å². The highest BCUT2D eigenvalue weighted by Gasteiger charge is 2.64. The molecule has 1 aliphatic heterocycles. The second-order valence-corrected chi connectivity index (χ2v) is 5.80. The molecule has 0 radical (unpaired) electrons. The summed E-state index contributed by atoms with van der Waals surface area (Å²) in [7, 11) is 0. The van der Waals surface area contributed by atoms with Crippen LogP contribution in [-0.2, 0) is 10.3 Å². The Morgan fingerprint density at radius 1 is 1.43 bits per heavy atom. The molecular weight excluding hydrogens is 313 g/mol. The Balaban J connectivity index is 1.75. The molecule has 9 heteroatoms. The van der Waals surface area contributed by atoms with Crippen molar-refractivity contribution in [1.82, 2.24) is 9.78 Å². The van der Waals surface area contributed by atoms with Crippen molar-refractivity contribution in [3.05, 3.63) is 24.4 Å². The summed E-state index contributed by atoms with van der Waals surface area (Å²) >= 11 is 0. The first-order valence-electron chi connectivity index (χ1n) is 7.02. The highest BCUT2D eigenvalue weighted by atomic mass is 19.4. The van der Waals surface area contributed by atoms with Crippen molar-refractivity contribution in [2.75, 3.05) is 13.2 Å². The number of amides is 1. The van der Waals surface area contributed by atoms with E-state index in [0.29, 0.717) is 0 Å². The molecule has 23 heavy (non-hydrogen) atoms. The quantitative estimate of drug-likeness (QED) is 0.887. The van der Waals surface area contributed by atoms with Crippen LogP contribution in [-0.4, -0.2) is 41.2 Å². The van der Waals surface area contributed by atoms with Crippen LogP contribution in [0.25, 0.3) is 0 Å². The van der Waals surface area contributed by atoms with Gasteiger partial charge in [0.2, 0.25) is 5.88 Å². The summed E-state index contributed by atoms with van der Waals surface area (Å²) < 4.78 is 45.1. The van der Waals surface area contributed by atoms with Crippen LogP contribution in [0.3, 0.4) is 0 Å². The molecule has 2 aliphatic rings. The monoisotopic (exact) mass is 328 g/mol. The van der Waals surface area contributed by atoms with Gasteiger partial charge in [0.25, 0.3) is 5.91 Å². The number of carbonyl (C=O) groups excluding carboxylic acids is 1. The first-order chi connectivity index (χ1) is 10.8. The van der Waals surface area contributed by atoms with E-state index in [9.17, 15) is 18.0 Å². The molecule has 1 amide bonds. The Morgan fingerprint density at radius 2 is 2.17 bits per heavy atom. The molecule has 0 bridgehead atoms. The number of nitrogens with zero attached hydrogens (tertiary/aromatic N) is 3. The smallest absolute Gasteiger partial charge is 0.397 e. The largest absolute Gasteiger partial charge is 0.476 e. The number of ether oxygens (including phenoxy) is 1. The van der Waals surface area contributed by atoms with Gasteiger partial charge < -0.3 is 10.5 Å². The molecule has 1 saturated carbocycles. The Morgan fingerprint density at radius 3 is 2.70 bits per heavy atom. The molecular formula is C14H15F3N4O2. The Hall–Kier alpha value is -2.32. The molecule has 124 valence electrons. The van der Waals surface area contributed by atoms with E-state index < -0.39 is 29.6 Å².